The quantitative estimate of drug-likeness (QED) is 0.817. The number of aromatic nitrogens is 1. The summed E-state index contributed by atoms with van der Waals surface area (Å²) in [7, 11) is 0. The fraction of sp³-hybridized carbons (Fsp3) is 0.706. The lowest BCUT2D eigenvalue weighted by Gasteiger charge is -2.29. The van der Waals surface area contributed by atoms with Crippen LogP contribution in [-0.2, 0) is 9.59 Å². The molecule has 3 rings (SSSR count). The fourth-order valence-electron chi connectivity index (χ4n) is 3.24. The molecule has 2 saturated carbocycles. The molecule has 0 aliphatic heterocycles. The van der Waals surface area contributed by atoms with Crippen LogP contribution >= 0.6 is 11.8 Å². The van der Waals surface area contributed by atoms with E-state index in [1.165, 1.54) is 24.6 Å². The summed E-state index contributed by atoms with van der Waals surface area (Å²) >= 11 is 1.39. The highest BCUT2D eigenvalue weighted by Gasteiger charge is 2.38. The van der Waals surface area contributed by atoms with E-state index in [1.54, 1.807) is 13.0 Å². The Labute approximate surface area is 146 Å². The molecule has 0 radical (unpaired) electrons. The predicted octanol–water partition coefficient (Wildman–Crippen LogP) is 2.98. The van der Waals surface area contributed by atoms with Crippen LogP contribution in [0.3, 0.4) is 0 Å². The van der Waals surface area contributed by atoms with Crippen LogP contribution in [0.15, 0.2) is 10.6 Å². The second-order valence-corrected chi connectivity index (χ2v) is 8.06. The average Bonchev–Trinajstić information content (AvgIpc) is 3.06. The zero-order chi connectivity index (χ0) is 17.1. The van der Waals surface area contributed by atoms with Crippen molar-refractivity contribution in [3.05, 3.63) is 11.8 Å². The predicted molar refractivity (Wildman–Crippen MR) is 93.9 cm³/mol. The minimum absolute atomic E-state index is 0.153. The van der Waals surface area contributed by atoms with Crippen molar-refractivity contribution in [2.45, 2.75) is 69.7 Å². The molecule has 24 heavy (non-hydrogen) atoms. The zero-order valence-corrected chi connectivity index (χ0v) is 15.1. The number of hydrogen-bond donors (Lipinski definition) is 1. The van der Waals surface area contributed by atoms with Crippen molar-refractivity contribution in [3.8, 4) is 0 Å². The van der Waals surface area contributed by atoms with Gasteiger partial charge in [0.05, 0.1) is 11.0 Å². The number of rotatable bonds is 7. The van der Waals surface area contributed by atoms with Gasteiger partial charge in [-0.25, -0.2) is 0 Å². The highest BCUT2D eigenvalue weighted by atomic mass is 32.2. The highest BCUT2D eigenvalue weighted by Crippen LogP contribution is 2.35. The maximum Gasteiger partial charge on any atom is 0.238 e. The van der Waals surface area contributed by atoms with Gasteiger partial charge in [0.15, 0.2) is 5.82 Å². The molecule has 0 aromatic carbocycles. The Balaban J connectivity index is 1.48. The standard InChI is InChI=1S/C17H25N3O3S/c1-11-9-15(19-23-11)18-17(22)12(2)24-10-16(21)20(14-7-8-14)13-5-3-4-6-13/h9,12-14H,3-8,10H2,1-2H3,(H,18,19,22)/t12-/m1/s1. The third-order valence-electron chi connectivity index (χ3n) is 4.65. The van der Waals surface area contributed by atoms with Gasteiger partial charge in [-0.05, 0) is 39.5 Å². The molecule has 6 nitrogen and oxygen atoms in total. The van der Waals surface area contributed by atoms with Crippen LogP contribution in [-0.4, -0.2) is 45.0 Å². The normalized spacial score (nSPS) is 19.2. The van der Waals surface area contributed by atoms with Crippen LogP contribution in [0.4, 0.5) is 5.82 Å². The summed E-state index contributed by atoms with van der Waals surface area (Å²) in [5.41, 5.74) is 0. The molecule has 0 spiro atoms. The molecule has 0 unspecified atom stereocenters. The number of carbonyl (C=O) groups excluding carboxylic acids is 2. The number of anilines is 1. The van der Waals surface area contributed by atoms with Crippen molar-refractivity contribution in [1.29, 1.82) is 0 Å². The highest BCUT2D eigenvalue weighted by molar-refractivity contribution is 8.01. The molecule has 2 aliphatic rings. The van der Waals surface area contributed by atoms with Crippen LogP contribution < -0.4 is 5.32 Å². The topological polar surface area (TPSA) is 75.4 Å². The van der Waals surface area contributed by atoms with E-state index in [1.807, 2.05) is 6.92 Å². The first-order chi connectivity index (χ1) is 11.5. The Hall–Kier alpha value is -1.50. The van der Waals surface area contributed by atoms with Crippen molar-refractivity contribution in [2.75, 3.05) is 11.1 Å². The van der Waals surface area contributed by atoms with Gasteiger partial charge in [0.2, 0.25) is 11.8 Å². The van der Waals surface area contributed by atoms with E-state index in [2.05, 4.69) is 15.4 Å². The van der Waals surface area contributed by atoms with E-state index in [4.69, 9.17) is 4.52 Å². The van der Waals surface area contributed by atoms with Gasteiger partial charge in [-0.2, -0.15) is 0 Å². The maximum absolute atomic E-state index is 12.6. The van der Waals surface area contributed by atoms with E-state index in [-0.39, 0.29) is 17.1 Å². The van der Waals surface area contributed by atoms with Gasteiger partial charge < -0.3 is 14.7 Å². The molecule has 1 N–H and O–H groups in total. The molecule has 2 amide bonds. The first kappa shape index (κ1) is 17.3. The molecule has 0 bridgehead atoms. The Kier molecular flexibility index (Phi) is 5.48. The maximum atomic E-state index is 12.6. The molecular formula is C17H25N3O3S. The van der Waals surface area contributed by atoms with Gasteiger partial charge in [-0.3, -0.25) is 9.59 Å². The summed E-state index contributed by atoms with van der Waals surface area (Å²) in [6.45, 7) is 3.59. The second kappa shape index (κ2) is 7.59. The van der Waals surface area contributed by atoms with Crippen molar-refractivity contribution in [3.63, 3.8) is 0 Å². The second-order valence-electron chi connectivity index (χ2n) is 6.74. The van der Waals surface area contributed by atoms with E-state index < -0.39 is 0 Å². The van der Waals surface area contributed by atoms with Gasteiger partial charge in [0.1, 0.15) is 5.76 Å². The minimum Gasteiger partial charge on any atom is -0.360 e. The van der Waals surface area contributed by atoms with E-state index in [0.717, 1.165) is 25.7 Å². The van der Waals surface area contributed by atoms with Crippen molar-refractivity contribution in [2.24, 2.45) is 0 Å². The third kappa shape index (κ3) is 4.32. The minimum atomic E-state index is -0.310. The third-order valence-corrected chi connectivity index (χ3v) is 5.78. The van der Waals surface area contributed by atoms with Gasteiger partial charge in [-0.1, -0.05) is 18.0 Å². The number of nitrogens with zero attached hydrogens (tertiary/aromatic N) is 2. The Morgan fingerprint density at radius 2 is 2.00 bits per heavy atom. The van der Waals surface area contributed by atoms with Crippen molar-refractivity contribution < 1.29 is 14.1 Å². The first-order valence-corrected chi connectivity index (χ1v) is 9.76. The lowest BCUT2D eigenvalue weighted by molar-refractivity contribution is -0.131. The Bertz CT molecular complexity index is 594. The van der Waals surface area contributed by atoms with E-state index >= 15 is 0 Å². The first-order valence-electron chi connectivity index (χ1n) is 8.71. The van der Waals surface area contributed by atoms with Crippen LogP contribution in [0.2, 0.25) is 0 Å². The molecule has 1 aromatic heterocycles. The van der Waals surface area contributed by atoms with Gasteiger partial charge >= 0.3 is 0 Å². The number of carbonyl (C=O) groups is 2. The molecule has 1 heterocycles. The van der Waals surface area contributed by atoms with Gasteiger partial charge in [0.25, 0.3) is 0 Å². The van der Waals surface area contributed by atoms with Crippen molar-refractivity contribution in [1.82, 2.24) is 10.1 Å². The average molecular weight is 351 g/mol. The van der Waals surface area contributed by atoms with E-state index in [9.17, 15) is 9.59 Å². The summed E-state index contributed by atoms with van der Waals surface area (Å²) in [5, 5.41) is 6.16. The number of aryl methyl sites for hydroxylation is 1. The van der Waals surface area contributed by atoms with Gasteiger partial charge in [0, 0.05) is 18.2 Å². The SMILES string of the molecule is Cc1cc(NC(=O)[C@@H](C)SCC(=O)N(C2CCCC2)C2CC2)no1. The zero-order valence-electron chi connectivity index (χ0n) is 14.3. The lowest BCUT2D eigenvalue weighted by Crippen LogP contribution is -2.42. The van der Waals surface area contributed by atoms with Crippen LogP contribution in [0.25, 0.3) is 0 Å². The number of nitrogens with one attached hydrogen (secondary N) is 1. The summed E-state index contributed by atoms with van der Waals surface area (Å²) in [6, 6.07) is 2.55. The van der Waals surface area contributed by atoms with E-state index in [0.29, 0.717) is 29.4 Å². The van der Waals surface area contributed by atoms with Gasteiger partial charge in [-0.15, -0.1) is 11.8 Å². The van der Waals surface area contributed by atoms with Crippen LogP contribution in [0.5, 0.6) is 0 Å². The molecule has 2 fully saturated rings. The molecule has 7 heteroatoms. The van der Waals surface area contributed by atoms with Crippen LogP contribution in [0, 0.1) is 6.92 Å². The summed E-state index contributed by atoms with van der Waals surface area (Å²) in [5.74, 6) is 1.46. The number of hydrogen-bond acceptors (Lipinski definition) is 5. The summed E-state index contributed by atoms with van der Waals surface area (Å²) in [6.07, 6.45) is 6.99. The summed E-state index contributed by atoms with van der Waals surface area (Å²) < 4.78 is 4.93. The Morgan fingerprint density at radius 1 is 1.33 bits per heavy atom. The lowest BCUT2D eigenvalue weighted by atomic mass is 10.2. The molecule has 1 aromatic rings. The number of thioether (sulfide) groups is 1. The fourth-order valence-corrected chi connectivity index (χ4v) is 3.99. The van der Waals surface area contributed by atoms with Crippen molar-refractivity contribution >= 4 is 29.4 Å². The molecule has 0 saturated heterocycles. The summed E-state index contributed by atoms with van der Waals surface area (Å²) in [4.78, 5) is 26.9. The molecule has 132 valence electrons. The number of amides is 2. The molecular weight excluding hydrogens is 326 g/mol. The molecule has 2 aliphatic carbocycles. The largest absolute Gasteiger partial charge is 0.360 e. The molecule has 1 atom stereocenters. The van der Waals surface area contributed by atoms with Crippen LogP contribution in [0.1, 0.15) is 51.2 Å². The Morgan fingerprint density at radius 3 is 2.58 bits per heavy atom. The smallest absolute Gasteiger partial charge is 0.238 e. The monoisotopic (exact) mass is 351 g/mol.